The predicted octanol–water partition coefficient (Wildman–Crippen LogP) is 3.18. The molecule has 29 heavy (non-hydrogen) atoms. The van der Waals surface area contributed by atoms with Gasteiger partial charge in [-0.2, -0.15) is 5.10 Å². The number of fused-ring (bicyclic) bond motifs is 5. The van der Waals surface area contributed by atoms with E-state index in [-0.39, 0.29) is 23.9 Å². The van der Waals surface area contributed by atoms with E-state index >= 15 is 0 Å². The number of allylic oxidation sites excluding steroid dienone is 1. The SMILES string of the molecule is CC(C)c1nn(CC(=O)NC2=C3CC(O)(CC2)C3)c(=O)c2cc3sc(Cl)cc3n12. The molecule has 1 saturated carbocycles. The van der Waals surface area contributed by atoms with Crippen molar-refractivity contribution in [1.29, 1.82) is 0 Å². The van der Waals surface area contributed by atoms with E-state index in [1.54, 1.807) is 0 Å². The van der Waals surface area contributed by atoms with Crippen LogP contribution in [0.25, 0.3) is 15.7 Å². The zero-order chi connectivity index (χ0) is 20.5. The van der Waals surface area contributed by atoms with Crippen LogP contribution in [-0.4, -0.2) is 30.8 Å². The van der Waals surface area contributed by atoms with Crippen molar-refractivity contribution in [3.05, 3.63) is 43.9 Å². The van der Waals surface area contributed by atoms with Gasteiger partial charge in [-0.25, -0.2) is 4.68 Å². The molecule has 9 heteroatoms. The van der Waals surface area contributed by atoms with Crippen LogP contribution in [0.1, 0.15) is 51.3 Å². The Balaban J connectivity index is 1.50. The molecule has 152 valence electrons. The van der Waals surface area contributed by atoms with Gasteiger partial charge >= 0.3 is 0 Å². The van der Waals surface area contributed by atoms with Crippen LogP contribution >= 0.6 is 22.9 Å². The first-order valence-corrected chi connectivity index (χ1v) is 10.9. The third kappa shape index (κ3) is 3.01. The number of aliphatic hydroxyl groups is 1. The maximum absolute atomic E-state index is 13.0. The summed E-state index contributed by atoms with van der Waals surface area (Å²) in [6.45, 7) is 3.86. The van der Waals surface area contributed by atoms with E-state index in [4.69, 9.17) is 11.6 Å². The van der Waals surface area contributed by atoms with Crippen molar-refractivity contribution in [2.24, 2.45) is 0 Å². The molecule has 7 nitrogen and oxygen atoms in total. The molecule has 2 bridgehead atoms. The van der Waals surface area contributed by atoms with Gasteiger partial charge in [0.05, 0.1) is 20.2 Å². The van der Waals surface area contributed by atoms with Gasteiger partial charge in [0.1, 0.15) is 17.9 Å². The second-order valence-electron chi connectivity index (χ2n) is 8.35. The first-order chi connectivity index (χ1) is 13.7. The zero-order valence-electron chi connectivity index (χ0n) is 16.2. The average molecular weight is 433 g/mol. The molecule has 0 radical (unpaired) electrons. The Hall–Kier alpha value is -2.16. The van der Waals surface area contributed by atoms with Crippen molar-refractivity contribution in [3.8, 4) is 0 Å². The number of rotatable bonds is 4. The minimum atomic E-state index is -0.565. The first-order valence-electron chi connectivity index (χ1n) is 9.69. The van der Waals surface area contributed by atoms with Gasteiger partial charge in [-0.3, -0.25) is 14.0 Å². The van der Waals surface area contributed by atoms with Gasteiger partial charge in [-0.05, 0) is 43.4 Å². The van der Waals surface area contributed by atoms with Gasteiger partial charge in [-0.1, -0.05) is 25.4 Å². The zero-order valence-corrected chi connectivity index (χ0v) is 17.7. The smallest absolute Gasteiger partial charge is 0.291 e. The van der Waals surface area contributed by atoms with Crippen molar-refractivity contribution in [1.82, 2.24) is 19.5 Å². The van der Waals surface area contributed by atoms with Crippen LogP contribution in [0.5, 0.6) is 0 Å². The molecule has 0 atom stereocenters. The van der Waals surface area contributed by atoms with Crippen LogP contribution in [0.15, 0.2) is 28.2 Å². The summed E-state index contributed by atoms with van der Waals surface area (Å²) in [5.41, 5.74) is 2.49. The number of carbonyl (C=O) groups excluding carboxylic acids is 1. The fraction of sp³-hybridized carbons (Fsp3) is 0.450. The first kappa shape index (κ1) is 18.8. The molecular weight excluding hydrogens is 412 g/mol. The maximum Gasteiger partial charge on any atom is 0.291 e. The van der Waals surface area contributed by atoms with Crippen LogP contribution in [0.3, 0.4) is 0 Å². The van der Waals surface area contributed by atoms with Crippen molar-refractivity contribution < 1.29 is 9.90 Å². The highest BCUT2D eigenvalue weighted by molar-refractivity contribution is 7.22. The van der Waals surface area contributed by atoms with E-state index in [2.05, 4.69) is 10.4 Å². The number of hydrogen-bond acceptors (Lipinski definition) is 5. The highest BCUT2D eigenvalue weighted by atomic mass is 35.5. The van der Waals surface area contributed by atoms with E-state index in [0.717, 1.165) is 21.5 Å². The molecular formula is C20H21ClN4O3S. The Kier molecular flexibility index (Phi) is 4.17. The molecule has 0 unspecified atom stereocenters. The second kappa shape index (κ2) is 6.42. The minimum Gasteiger partial charge on any atom is -0.389 e. The molecule has 1 fully saturated rings. The molecule has 6 rings (SSSR count). The molecule has 3 aromatic heterocycles. The molecule has 0 spiro atoms. The molecule has 0 aromatic carbocycles. The molecule has 2 N–H and O–H groups in total. The Morgan fingerprint density at radius 1 is 1.38 bits per heavy atom. The van der Waals surface area contributed by atoms with Crippen LogP contribution in [-0.2, 0) is 11.3 Å². The number of carbonyl (C=O) groups is 1. The van der Waals surface area contributed by atoms with Crippen molar-refractivity contribution in [3.63, 3.8) is 0 Å². The summed E-state index contributed by atoms with van der Waals surface area (Å²) >= 11 is 7.56. The third-order valence-electron chi connectivity index (χ3n) is 5.82. The van der Waals surface area contributed by atoms with Crippen molar-refractivity contribution >= 4 is 44.6 Å². The number of thiophene rings is 1. The largest absolute Gasteiger partial charge is 0.389 e. The second-order valence-corrected chi connectivity index (χ2v) is 10.1. The Morgan fingerprint density at radius 2 is 2.14 bits per heavy atom. The number of amides is 1. The van der Waals surface area contributed by atoms with E-state index in [1.165, 1.54) is 16.0 Å². The highest BCUT2D eigenvalue weighted by Crippen LogP contribution is 2.47. The predicted molar refractivity (Wildman–Crippen MR) is 113 cm³/mol. The quantitative estimate of drug-likeness (QED) is 0.662. The molecule has 3 aliphatic carbocycles. The maximum atomic E-state index is 13.0. The summed E-state index contributed by atoms with van der Waals surface area (Å²) in [5.74, 6) is 0.494. The molecule has 0 saturated heterocycles. The van der Waals surface area contributed by atoms with Crippen molar-refractivity contribution in [2.45, 2.75) is 57.6 Å². The molecule has 3 aliphatic rings. The summed E-state index contributed by atoms with van der Waals surface area (Å²) in [6.07, 6.45) is 2.59. The number of nitrogens with one attached hydrogen (secondary N) is 1. The van der Waals surface area contributed by atoms with E-state index in [0.29, 0.717) is 41.4 Å². The number of halogens is 1. The average Bonchev–Trinajstić information content (AvgIpc) is 3.14. The van der Waals surface area contributed by atoms with Crippen molar-refractivity contribution in [2.75, 3.05) is 0 Å². The Bertz CT molecular complexity index is 1260. The summed E-state index contributed by atoms with van der Waals surface area (Å²) in [4.78, 5) is 25.7. The van der Waals surface area contributed by atoms with Gasteiger partial charge in [-0.15, -0.1) is 11.3 Å². The van der Waals surface area contributed by atoms with E-state index in [1.807, 2.05) is 30.4 Å². The number of aromatic nitrogens is 3. The summed E-state index contributed by atoms with van der Waals surface area (Å²) < 4.78 is 4.67. The lowest BCUT2D eigenvalue weighted by Gasteiger charge is -2.45. The molecule has 3 heterocycles. The van der Waals surface area contributed by atoms with Gasteiger partial charge in [0.15, 0.2) is 0 Å². The Morgan fingerprint density at radius 3 is 2.79 bits per heavy atom. The number of nitrogens with zero attached hydrogens (tertiary/aromatic N) is 3. The van der Waals surface area contributed by atoms with Crippen LogP contribution in [0, 0.1) is 0 Å². The lowest BCUT2D eigenvalue weighted by Crippen LogP contribution is -2.46. The van der Waals surface area contributed by atoms with Gasteiger partial charge in [0.2, 0.25) is 5.91 Å². The molecule has 3 aromatic rings. The lowest BCUT2D eigenvalue weighted by atomic mass is 9.67. The third-order valence-corrected chi connectivity index (χ3v) is 7.02. The van der Waals surface area contributed by atoms with Crippen LogP contribution < -0.4 is 10.9 Å². The number of hydrogen-bond donors (Lipinski definition) is 2. The summed E-state index contributed by atoms with van der Waals surface area (Å²) in [5, 5.41) is 17.5. The topological polar surface area (TPSA) is 88.6 Å². The standard InChI is InChI=1S/C20H21ClN4O3S/c1-10(2)18-23-24(9-17(26)22-12-3-4-20(28)7-11(12)8-20)19(27)14-5-15-13(25(14)18)6-16(21)29-15/h5-6,10,28H,3-4,7-9H2,1-2H3,(H,22,26). The van der Waals surface area contributed by atoms with E-state index in [9.17, 15) is 14.7 Å². The fourth-order valence-corrected chi connectivity index (χ4v) is 5.51. The lowest BCUT2D eigenvalue weighted by molar-refractivity contribution is -0.121. The normalized spacial score (nSPS) is 18.0. The summed E-state index contributed by atoms with van der Waals surface area (Å²) in [6, 6.07) is 3.66. The van der Waals surface area contributed by atoms with Gasteiger partial charge in [0, 0.05) is 11.6 Å². The van der Waals surface area contributed by atoms with Crippen LogP contribution in [0.2, 0.25) is 4.34 Å². The monoisotopic (exact) mass is 432 g/mol. The molecule has 0 aliphatic heterocycles. The highest BCUT2D eigenvalue weighted by Gasteiger charge is 2.43. The molecule has 1 amide bonds. The fourth-order valence-electron chi connectivity index (χ4n) is 4.36. The summed E-state index contributed by atoms with van der Waals surface area (Å²) in [7, 11) is 0. The van der Waals surface area contributed by atoms with Gasteiger partial charge in [0.25, 0.3) is 5.56 Å². The van der Waals surface area contributed by atoms with Gasteiger partial charge < -0.3 is 10.4 Å². The Labute approximate surface area is 175 Å². The van der Waals surface area contributed by atoms with Crippen LogP contribution in [0.4, 0.5) is 0 Å². The van der Waals surface area contributed by atoms with E-state index < -0.39 is 5.60 Å². The minimum absolute atomic E-state index is 0.0533.